The second kappa shape index (κ2) is 10.1. The van der Waals surface area contributed by atoms with Crippen LogP contribution in [0.5, 0.6) is 0 Å². The first-order valence-corrected chi connectivity index (χ1v) is 8.39. The molecule has 0 atom stereocenters. The van der Waals surface area contributed by atoms with Crippen LogP contribution in [0.3, 0.4) is 0 Å². The van der Waals surface area contributed by atoms with Crippen molar-refractivity contribution in [1.82, 2.24) is 10.2 Å². The molecule has 0 unspecified atom stereocenters. The van der Waals surface area contributed by atoms with Gasteiger partial charge in [0.25, 0.3) is 0 Å². The molecule has 2 heteroatoms. The van der Waals surface area contributed by atoms with E-state index in [1.54, 1.807) is 0 Å². The third-order valence-corrected chi connectivity index (χ3v) is 3.79. The maximum Gasteiger partial charge on any atom is 0.0233 e. The number of rotatable bonds is 10. The summed E-state index contributed by atoms with van der Waals surface area (Å²) in [5, 5.41) is 3.54. The minimum Gasteiger partial charge on any atom is -0.313 e. The zero-order chi connectivity index (χ0) is 15.5. The van der Waals surface area contributed by atoms with Gasteiger partial charge in [-0.3, -0.25) is 4.90 Å². The maximum absolute atomic E-state index is 3.54. The van der Waals surface area contributed by atoms with E-state index < -0.39 is 0 Å². The SMILES string of the molecule is CCCN(CCCNCc1ccccc1)Cc1ccccc1. The molecule has 0 aliphatic carbocycles. The summed E-state index contributed by atoms with van der Waals surface area (Å²) in [4.78, 5) is 2.56. The van der Waals surface area contributed by atoms with Crippen LogP contribution in [0, 0.1) is 0 Å². The minimum absolute atomic E-state index is 0.966. The fourth-order valence-corrected chi connectivity index (χ4v) is 2.68. The van der Waals surface area contributed by atoms with E-state index in [0.717, 1.165) is 26.2 Å². The van der Waals surface area contributed by atoms with Crippen LogP contribution in [0.1, 0.15) is 30.9 Å². The average molecular weight is 296 g/mol. The molecule has 0 spiro atoms. The molecule has 0 aromatic heterocycles. The second-order valence-corrected chi connectivity index (χ2v) is 5.78. The Hall–Kier alpha value is -1.64. The molecular weight excluding hydrogens is 268 g/mol. The molecule has 0 amide bonds. The number of hydrogen-bond donors (Lipinski definition) is 1. The first kappa shape index (κ1) is 16.7. The number of benzene rings is 2. The van der Waals surface area contributed by atoms with Crippen molar-refractivity contribution in [3.63, 3.8) is 0 Å². The van der Waals surface area contributed by atoms with Crippen LogP contribution >= 0.6 is 0 Å². The summed E-state index contributed by atoms with van der Waals surface area (Å²) >= 11 is 0. The van der Waals surface area contributed by atoms with Gasteiger partial charge in [-0.1, -0.05) is 67.6 Å². The van der Waals surface area contributed by atoms with Gasteiger partial charge in [0.15, 0.2) is 0 Å². The van der Waals surface area contributed by atoms with Crippen molar-refractivity contribution in [2.45, 2.75) is 32.9 Å². The van der Waals surface area contributed by atoms with Gasteiger partial charge in [-0.2, -0.15) is 0 Å². The van der Waals surface area contributed by atoms with E-state index in [2.05, 4.69) is 77.8 Å². The Morgan fingerprint density at radius 3 is 2.09 bits per heavy atom. The number of nitrogens with one attached hydrogen (secondary N) is 1. The molecular formula is C20H28N2. The highest BCUT2D eigenvalue weighted by Crippen LogP contribution is 2.05. The lowest BCUT2D eigenvalue weighted by Crippen LogP contribution is -2.28. The monoisotopic (exact) mass is 296 g/mol. The van der Waals surface area contributed by atoms with Crippen molar-refractivity contribution in [3.05, 3.63) is 71.8 Å². The highest BCUT2D eigenvalue weighted by molar-refractivity contribution is 5.15. The first-order chi connectivity index (χ1) is 10.9. The van der Waals surface area contributed by atoms with Crippen molar-refractivity contribution in [3.8, 4) is 0 Å². The molecule has 0 saturated heterocycles. The molecule has 0 aliphatic heterocycles. The molecule has 0 fully saturated rings. The Morgan fingerprint density at radius 2 is 1.45 bits per heavy atom. The van der Waals surface area contributed by atoms with Gasteiger partial charge in [-0.15, -0.1) is 0 Å². The summed E-state index contributed by atoms with van der Waals surface area (Å²) in [5.74, 6) is 0. The van der Waals surface area contributed by atoms with Gasteiger partial charge in [-0.05, 0) is 43.6 Å². The van der Waals surface area contributed by atoms with Gasteiger partial charge in [0.1, 0.15) is 0 Å². The van der Waals surface area contributed by atoms with Crippen LogP contribution in [0.15, 0.2) is 60.7 Å². The summed E-state index contributed by atoms with van der Waals surface area (Å²) < 4.78 is 0. The molecule has 2 aromatic carbocycles. The van der Waals surface area contributed by atoms with Gasteiger partial charge >= 0.3 is 0 Å². The van der Waals surface area contributed by atoms with Gasteiger partial charge in [-0.25, -0.2) is 0 Å². The van der Waals surface area contributed by atoms with Crippen LogP contribution in [-0.2, 0) is 13.1 Å². The van der Waals surface area contributed by atoms with E-state index in [0.29, 0.717) is 0 Å². The van der Waals surface area contributed by atoms with Crippen LogP contribution in [0.4, 0.5) is 0 Å². The second-order valence-electron chi connectivity index (χ2n) is 5.78. The Kier molecular flexibility index (Phi) is 7.71. The molecule has 0 radical (unpaired) electrons. The van der Waals surface area contributed by atoms with E-state index in [4.69, 9.17) is 0 Å². The predicted octanol–water partition coefficient (Wildman–Crippen LogP) is 4.08. The fraction of sp³-hybridized carbons (Fsp3) is 0.400. The zero-order valence-electron chi connectivity index (χ0n) is 13.7. The molecule has 118 valence electrons. The van der Waals surface area contributed by atoms with E-state index in [1.165, 1.54) is 30.5 Å². The van der Waals surface area contributed by atoms with E-state index in [-0.39, 0.29) is 0 Å². The largest absolute Gasteiger partial charge is 0.313 e. The fourth-order valence-electron chi connectivity index (χ4n) is 2.68. The predicted molar refractivity (Wildman–Crippen MR) is 94.8 cm³/mol. The Bertz CT molecular complexity index is 496. The van der Waals surface area contributed by atoms with Gasteiger partial charge < -0.3 is 5.32 Å². The molecule has 2 rings (SSSR count). The Morgan fingerprint density at radius 1 is 0.818 bits per heavy atom. The summed E-state index contributed by atoms with van der Waals surface area (Å²) in [5.41, 5.74) is 2.77. The molecule has 2 aromatic rings. The van der Waals surface area contributed by atoms with E-state index >= 15 is 0 Å². The Balaban J connectivity index is 1.66. The summed E-state index contributed by atoms with van der Waals surface area (Å²) in [6.07, 6.45) is 2.41. The minimum atomic E-state index is 0.966. The summed E-state index contributed by atoms with van der Waals surface area (Å²) in [7, 11) is 0. The molecule has 2 nitrogen and oxygen atoms in total. The van der Waals surface area contributed by atoms with Crippen molar-refractivity contribution in [2.24, 2.45) is 0 Å². The topological polar surface area (TPSA) is 15.3 Å². The van der Waals surface area contributed by atoms with Crippen molar-refractivity contribution in [2.75, 3.05) is 19.6 Å². The van der Waals surface area contributed by atoms with Gasteiger partial charge in [0.2, 0.25) is 0 Å². The molecule has 0 bridgehead atoms. The summed E-state index contributed by atoms with van der Waals surface area (Å²) in [6.45, 7) is 7.69. The average Bonchev–Trinajstić information content (AvgIpc) is 2.56. The van der Waals surface area contributed by atoms with E-state index in [9.17, 15) is 0 Å². The molecule has 0 aliphatic rings. The number of nitrogens with zero attached hydrogens (tertiary/aromatic N) is 1. The smallest absolute Gasteiger partial charge is 0.0233 e. The standard InChI is InChI=1S/C20H28N2/c1-2-15-22(18-20-12-7-4-8-13-20)16-9-14-21-17-19-10-5-3-6-11-19/h3-8,10-13,21H,2,9,14-18H2,1H3. The lowest BCUT2D eigenvalue weighted by atomic mass is 10.2. The van der Waals surface area contributed by atoms with Gasteiger partial charge in [0.05, 0.1) is 0 Å². The first-order valence-electron chi connectivity index (χ1n) is 8.39. The van der Waals surface area contributed by atoms with Crippen LogP contribution < -0.4 is 5.32 Å². The van der Waals surface area contributed by atoms with Crippen LogP contribution in [0.25, 0.3) is 0 Å². The quantitative estimate of drug-likeness (QED) is 0.665. The molecule has 0 saturated carbocycles. The third-order valence-electron chi connectivity index (χ3n) is 3.79. The lowest BCUT2D eigenvalue weighted by molar-refractivity contribution is 0.261. The molecule has 22 heavy (non-hydrogen) atoms. The third kappa shape index (κ3) is 6.42. The van der Waals surface area contributed by atoms with Crippen molar-refractivity contribution >= 4 is 0 Å². The highest BCUT2D eigenvalue weighted by atomic mass is 15.1. The van der Waals surface area contributed by atoms with Crippen molar-refractivity contribution < 1.29 is 0 Å². The van der Waals surface area contributed by atoms with Crippen LogP contribution in [-0.4, -0.2) is 24.5 Å². The Labute approximate surface area is 135 Å². The number of hydrogen-bond acceptors (Lipinski definition) is 2. The van der Waals surface area contributed by atoms with Crippen LogP contribution in [0.2, 0.25) is 0 Å². The molecule has 0 heterocycles. The highest BCUT2D eigenvalue weighted by Gasteiger charge is 2.04. The lowest BCUT2D eigenvalue weighted by Gasteiger charge is -2.21. The normalized spacial score (nSPS) is 11.0. The maximum atomic E-state index is 3.54. The summed E-state index contributed by atoms with van der Waals surface area (Å²) in [6, 6.07) is 21.4. The zero-order valence-corrected chi connectivity index (χ0v) is 13.7. The van der Waals surface area contributed by atoms with E-state index in [1.807, 2.05) is 0 Å². The van der Waals surface area contributed by atoms with Gasteiger partial charge in [0, 0.05) is 13.1 Å². The molecule has 1 N–H and O–H groups in total. The van der Waals surface area contributed by atoms with Crippen molar-refractivity contribution in [1.29, 1.82) is 0 Å².